The smallest absolute Gasteiger partial charge is 0.0110 e. The zero-order valence-corrected chi connectivity index (χ0v) is 12.3. The van der Waals surface area contributed by atoms with Gasteiger partial charge in [-0.1, -0.05) is 39.0 Å². The molecule has 0 radical (unpaired) electrons. The normalized spacial score (nSPS) is 23.0. The number of nitrogens with zero attached hydrogens (tertiary/aromatic N) is 1. The van der Waals surface area contributed by atoms with Crippen molar-refractivity contribution in [1.82, 2.24) is 10.2 Å². The van der Waals surface area contributed by atoms with E-state index in [1.54, 1.807) is 0 Å². The molecule has 0 unspecified atom stereocenters. The number of likely N-dealkylation sites (N-methyl/N-ethyl adjacent to an activating group) is 1. The van der Waals surface area contributed by atoms with Gasteiger partial charge in [0.05, 0.1) is 0 Å². The summed E-state index contributed by atoms with van der Waals surface area (Å²) in [5.74, 6) is 0.973. The molecule has 106 valence electrons. The third-order valence-corrected chi connectivity index (χ3v) is 4.98. The average Bonchev–Trinajstić information content (AvgIpc) is 2.94. The molecule has 0 bridgehead atoms. The minimum atomic E-state index is 0.895. The molecule has 1 N–H and O–H groups in total. The predicted molar refractivity (Wildman–Crippen MR) is 78.9 cm³/mol. The summed E-state index contributed by atoms with van der Waals surface area (Å²) in [5, 5.41) is 3.70. The molecule has 0 aromatic rings. The largest absolute Gasteiger partial charge is 0.315 e. The van der Waals surface area contributed by atoms with Crippen LogP contribution in [0.3, 0.4) is 0 Å². The lowest BCUT2D eigenvalue weighted by atomic mass is 9.89. The summed E-state index contributed by atoms with van der Waals surface area (Å²) in [5.41, 5.74) is 0. The van der Waals surface area contributed by atoms with Crippen molar-refractivity contribution in [2.45, 2.75) is 70.8 Å². The highest BCUT2D eigenvalue weighted by Gasteiger charge is 2.20. The fraction of sp³-hybridized carbons (Fsp3) is 1.00. The van der Waals surface area contributed by atoms with Crippen molar-refractivity contribution in [3.63, 3.8) is 0 Å². The standard InChI is InChI=1S/C16H32N2/c1-2-18(16-10-6-7-11-16)13-12-17-14-15-8-4-3-5-9-15/h15-17H,2-14H2,1H3. The Hall–Kier alpha value is -0.0800. The van der Waals surface area contributed by atoms with Crippen LogP contribution in [0.1, 0.15) is 64.7 Å². The number of hydrogen-bond donors (Lipinski definition) is 1. The highest BCUT2D eigenvalue weighted by atomic mass is 15.2. The molecule has 2 heteroatoms. The maximum absolute atomic E-state index is 3.70. The van der Waals surface area contributed by atoms with Crippen molar-refractivity contribution < 1.29 is 0 Å². The van der Waals surface area contributed by atoms with Crippen molar-refractivity contribution in [3.05, 3.63) is 0 Å². The van der Waals surface area contributed by atoms with Crippen LogP contribution in [-0.4, -0.2) is 37.1 Å². The van der Waals surface area contributed by atoms with E-state index in [1.165, 1.54) is 84.0 Å². The van der Waals surface area contributed by atoms with E-state index >= 15 is 0 Å². The summed E-state index contributed by atoms with van der Waals surface area (Å²) in [7, 11) is 0. The van der Waals surface area contributed by atoms with Crippen LogP contribution >= 0.6 is 0 Å². The highest BCUT2D eigenvalue weighted by molar-refractivity contribution is 4.77. The molecule has 0 spiro atoms. The van der Waals surface area contributed by atoms with Gasteiger partial charge in [-0.3, -0.25) is 4.90 Å². The van der Waals surface area contributed by atoms with Crippen LogP contribution in [0.5, 0.6) is 0 Å². The fourth-order valence-corrected chi connectivity index (χ4v) is 3.79. The molecule has 2 fully saturated rings. The van der Waals surface area contributed by atoms with Crippen molar-refractivity contribution in [1.29, 1.82) is 0 Å². The topological polar surface area (TPSA) is 15.3 Å². The summed E-state index contributed by atoms with van der Waals surface area (Å²) in [6.45, 7) is 7.27. The first-order valence-electron chi connectivity index (χ1n) is 8.35. The lowest BCUT2D eigenvalue weighted by Gasteiger charge is -2.28. The van der Waals surface area contributed by atoms with Crippen LogP contribution in [0.4, 0.5) is 0 Å². The van der Waals surface area contributed by atoms with Crippen molar-refractivity contribution in [3.8, 4) is 0 Å². The molecule has 0 aliphatic heterocycles. The number of hydrogen-bond acceptors (Lipinski definition) is 2. The Morgan fingerprint density at radius 1 is 0.944 bits per heavy atom. The summed E-state index contributed by atoms with van der Waals surface area (Å²) in [4.78, 5) is 2.70. The molecule has 0 saturated heterocycles. The van der Waals surface area contributed by atoms with Gasteiger partial charge in [-0.2, -0.15) is 0 Å². The monoisotopic (exact) mass is 252 g/mol. The van der Waals surface area contributed by atoms with Gasteiger partial charge in [0.1, 0.15) is 0 Å². The zero-order valence-electron chi connectivity index (χ0n) is 12.3. The van der Waals surface area contributed by atoms with Crippen LogP contribution in [0.15, 0.2) is 0 Å². The average molecular weight is 252 g/mol. The predicted octanol–water partition coefficient (Wildman–Crippen LogP) is 3.42. The maximum atomic E-state index is 3.70. The van der Waals surface area contributed by atoms with Gasteiger partial charge >= 0.3 is 0 Å². The van der Waals surface area contributed by atoms with E-state index in [0.717, 1.165) is 12.0 Å². The Bertz CT molecular complexity index is 205. The second-order valence-corrected chi connectivity index (χ2v) is 6.28. The van der Waals surface area contributed by atoms with Crippen LogP contribution in [0.2, 0.25) is 0 Å². The van der Waals surface area contributed by atoms with Crippen molar-refractivity contribution in [2.75, 3.05) is 26.2 Å². The molecular formula is C16H32N2. The first-order chi connectivity index (χ1) is 8.90. The first kappa shape index (κ1) is 14.3. The second kappa shape index (κ2) is 8.16. The van der Waals surface area contributed by atoms with Crippen molar-refractivity contribution >= 4 is 0 Å². The molecule has 18 heavy (non-hydrogen) atoms. The fourth-order valence-electron chi connectivity index (χ4n) is 3.79. The molecule has 0 heterocycles. The lowest BCUT2D eigenvalue weighted by Crippen LogP contribution is -2.39. The molecule has 0 aromatic heterocycles. The minimum absolute atomic E-state index is 0.895. The maximum Gasteiger partial charge on any atom is 0.0110 e. The Morgan fingerprint density at radius 2 is 1.61 bits per heavy atom. The van der Waals surface area contributed by atoms with E-state index in [1.807, 2.05) is 0 Å². The van der Waals surface area contributed by atoms with E-state index in [9.17, 15) is 0 Å². The van der Waals surface area contributed by atoms with Crippen LogP contribution in [0.25, 0.3) is 0 Å². The SMILES string of the molecule is CCN(CCNCC1CCCCC1)C1CCCC1. The van der Waals surface area contributed by atoms with Gasteiger partial charge in [-0.05, 0) is 44.7 Å². The molecule has 2 aliphatic carbocycles. The molecule has 2 rings (SSSR count). The number of rotatable bonds is 7. The molecular weight excluding hydrogens is 220 g/mol. The van der Waals surface area contributed by atoms with Gasteiger partial charge in [0.25, 0.3) is 0 Å². The molecule has 2 nitrogen and oxygen atoms in total. The molecule has 0 amide bonds. The van der Waals surface area contributed by atoms with Gasteiger partial charge in [-0.25, -0.2) is 0 Å². The first-order valence-corrected chi connectivity index (χ1v) is 8.35. The van der Waals surface area contributed by atoms with E-state index in [0.29, 0.717) is 0 Å². The van der Waals surface area contributed by atoms with E-state index < -0.39 is 0 Å². The Balaban J connectivity index is 1.55. The van der Waals surface area contributed by atoms with Gasteiger partial charge < -0.3 is 5.32 Å². The van der Waals surface area contributed by atoms with E-state index in [2.05, 4.69) is 17.1 Å². The van der Waals surface area contributed by atoms with Gasteiger partial charge in [0.15, 0.2) is 0 Å². The van der Waals surface area contributed by atoms with Crippen LogP contribution in [-0.2, 0) is 0 Å². The van der Waals surface area contributed by atoms with Gasteiger partial charge in [0, 0.05) is 19.1 Å². The quantitative estimate of drug-likeness (QED) is 0.698. The zero-order chi connectivity index (χ0) is 12.6. The van der Waals surface area contributed by atoms with E-state index in [4.69, 9.17) is 0 Å². The van der Waals surface area contributed by atoms with Crippen LogP contribution in [0, 0.1) is 5.92 Å². The molecule has 0 aromatic carbocycles. The summed E-state index contributed by atoms with van der Waals surface area (Å²) < 4.78 is 0. The minimum Gasteiger partial charge on any atom is -0.315 e. The molecule has 0 atom stereocenters. The highest BCUT2D eigenvalue weighted by Crippen LogP contribution is 2.23. The van der Waals surface area contributed by atoms with Crippen LogP contribution < -0.4 is 5.32 Å². The molecule has 2 aliphatic rings. The molecule has 2 saturated carbocycles. The third kappa shape index (κ3) is 4.55. The Labute approximate surface area is 114 Å². The number of nitrogens with one attached hydrogen (secondary N) is 1. The summed E-state index contributed by atoms with van der Waals surface area (Å²) >= 11 is 0. The van der Waals surface area contributed by atoms with Crippen molar-refractivity contribution in [2.24, 2.45) is 5.92 Å². The van der Waals surface area contributed by atoms with E-state index in [-0.39, 0.29) is 0 Å². The Morgan fingerprint density at radius 3 is 2.28 bits per heavy atom. The summed E-state index contributed by atoms with van der Waals surface area (Å²) in [6.07, 6.45) is 13.1. The lowest BCUT2D eigenvalue weighted by molar-refractivity contribution is 0.207. The second-order valence-electron chi connectivity index (χ2n) is 6.28. The Kier molecular flexibility index (Phi) is 6.50. The van der Waals surface area contributed by atoms with Gasteiger partial charge in [-0.15, -0.1) is 0 Å². The third-order valence-electron chi connectivity index (χ3n) is 4.98. The van der Waals surface area contributed by atoms with Gasteiger partial charge in [0.2, 0.25) is 0 Å². The summed E-state index contributed by atoms with van der Waals surface area (Å²) in [6, 6.07) is 0.895.